The van der Waals surface area contributed by atoms with Gasteiger partial charge in [-0.2, -0.15) is 0 Å². The largest absolute Gasteiger partial charge is 0.469 e. The zero-order valence-corrected chi connectivity index (χ0v) is 12.4. The summed E-state index contributed by atoms with van der Waals surface area (Å²) in [6.07, 6.45) is 2.74. The normalized spacial score (nSPS) is 10.7. The molecule has 3 rings (SSSR count). The van der Waals surface area contributed by atoms with Gasteiger partial charge in [-0.25, -0.2) is 4.98 Å². The molecular weight excluding hydrogens is 284 g/mol. The minimum absolute atomic E-state index is 0.212. The van der Waals surface area contributed by atoms with Crippen LogP contribution in [0.1, 0.15) is 12.1 Å². The van der Waals surface area contributed by atoms with E-state index in [1.807, 2.05) is 35.7 Å². The molecule has 0 aliphatic carbocycles. The van der Waals surface area contributed by atoms with E-state index in [0.29, 0.717) is 12.8 Å². The molecule has 0 aliphatic heterocycles. The van der Waals surface area contributed by atoms with Crippen molar-refractivity contribution in [3.8, 4) is 10.6 Å². The summed E-state index contributed by atoms with van der Waals surface area (Å²) < 4.78 is 4.65. The summed E-state index contributed by atoms with van der Waals surface area (Å²) in [6, 6.07) is 10.0. The van der Waals surface area contributed by atoms with Crippen LogP contribution in [0.5, 0.6) is 0 Å². The van der Waals surface area contributed by atoms with Gasteiger partial charge in [0.15, 0.2) is 0 Å². The van der Waals surface area contributed by atoms with Crippen molar-refractivity contribution < 1.29 is 9.53 Å². The molecule has 0 bridgehead atoms. The number of ether oxygens (including phenoxy) is 1. The molecule has 0 radical (unpaired) electrons. The second-order valence-corrected chi connectivity index (χ2v) is 5.46. The Morgan fingerprint density at radius 3 is 3.00 bits per heavy atom. The third-order valence-electron chi connectivity index (χ3n) is 3.23. The highest BCUT2D eigenvalue weighted by molar-refractivity contribution is 7.13. The van der Waals surface area contributed by atoms with Gasteiger partial charge in [-0.15, -0.1) is 11.3 Å². The first-order valence-corrected chi connectivity index (χ1v) is 7.51. The lowest BCUT2D eigenvalue weighted by Gasteiger charge is -2.02. The number of para-hydroxylation sites is 1. The van der Waals surface area contributed by atoms with Crippen LogP contribution >= 0.6 is 11.3 Å². The van der Waals surface area contributed by atoms with Crippen LogP contribution in [0.15, 0.2) is 41.9 Å². The molecule has 5 heteroatoms. The van der Waals surface area contributed by atoms with Crippen LogP contribution in [0, 0.1) is 0 Å². The Labute approximate surface area is 126 Å². The number of nitrogens with zero attached hydrogens (tertiary/aromatic N) is 2. The molecule has 0 saturated carbocycles. The molecule has 0 aliphatic rings. The Morgan fingerprint density at radius 2 is 2.14 bits per heavy atom. The van der Waals surface area contributed by atoms with Crippen molar-refractivity contribution in [2.24, 2.45) is 0 Å². The number of hydrogen-bond donors (Lipinski definition) is 0. The van der Waals surface area contributed by atoms with Gasteiger partial charge in [0.2, 0.25) is 0 Å². The van der Waals surface area contributed by atoms with Gasteiger partial charge in [0, 0.05) is 28.9 Å². The first-order chi connectivity index (χ1) is 10.3. The van der Waals surface area contributed by atoms with E-state index < -0.39 is 0 Å². The number of rotatable bonds is 4. The summed E-state index contributed by atoms with van der Waals surface area (Å²) >= 11 is 1.57. The number of esters is 1. The fraction of sp³-hybridized carbons (Fsp3) is 0.188. The van der Waals surface area contributed by atoms with Gasteiger partial charge >= 0.3 is 5.97 Å². The van der Waals surface area contributed by atoms with E-state index in [4.69, 9.17) is 0 Å². The fourth-order valence-corrected chi connectivity index (χ4v) is 3.03. The summed E-state index contributed by atoms with van der Waals surface area (Å²) in [5.74, 6) is -0.212. The van der Waals surface area contributed by atoms with Crippen molar-refractivity contribution in [3.05, 3.63) is 47.6 Å². The predicted molar refractivity (Wildman–Crippen MR) is 83.2 cm³/mol. The van der Waals surface area contributed by atoms with Gasteiger partial charge in [0.25, 0.3) is 0 Å². The highest BCUT2D eigenvalue weighted by Crippen LogP contribution is 2.29. The first-order valence-electron chi connectivity index (χ1n) is 6.63. The van der Waals surface area contributed by atoms with E-state index >= 15 is 0 Å². The Balaban J connectivity index is 1.90. The Hall–Kier alpha value is -2.27. The molecule has 3 aromatic rings. The van der Waals surface area contributed by atoms with Gasteiger partial charge in [0.1, 0.15) is 5.01 Å². The number of pyridine rings is 1. The molecular formula is C16H14N2O2S. The Bertz CT molecular complexity index is 777. The van der Waals surface area contributed by atoms with Gasteiger partial charge in [-0.1, -0.05) is 18.2 Å². The number of methoxy groups -OCH3 is 1. The molecule has 0 saturated heterocycles. The van der Waals surface area contributed by atoms with Crippen LogP contribution in [0.25, 0.3) is 21.5 Å². The minimum atomic E-state index is -0.212. The second kappa shape index (κ2) is 6.01. The van der Waals surface area contributed by atoms with Crippen molar-refractivity contribution in [3.63, 3.8) is 0 Å². The molecule has 0 N–H and O–H groups in total. The maximum atomic E-state index is 11.2. The molecule has 0 atom stereocenters. The summed E-state index contributed by atoms with van der Waals surface area (Å²) in [6.45, 7) is 0. The van der Waals surface area contributed by atoms with E-state index in [1.165, 1.54) is 7.11 Å². The van der Waals surface area contributed by atoms with E-state index in [0.717, 1.165) is 27.2 Å². The van der Waals surface area contributed by atoms with Crippen molar-refractivity contribution >= 4 is 28.2 Å². The number of carbonyl (C=O) groups is 1. The standard InChI is InChI=1S/C16H14N2O2S/c1-20-14(19)8-7-12-10-21-16(18-12)13-6-2-4-11-5-3-9-17-15(11)13/h2-6,9-10H,7-8H2,1H3. The third-order valence-corrected chi connectivity index (χ3v) is 4.15. The lowest BCUT2D eigenvalue weighted by atomic mass is 10.1. The van der Waals surface area contributed by atoms with E-state index in [1.54, 1.807) is 17.5 Å². The van der Waals surface area contributed by atoms with Crippen LogP contribution in [0.3, 0.4) is 0 Å². The fourth-order valence-electron chi connectivity index (χ4n) is 2.15. The number of aromatic nitrogens is 2. The average molecular weight is 298 g/mol. The number of carbonyl (C=O) groups excluding carboxylic acids is 1. The van der Waals surface area contributed by atoms with E-state index in [-0.39, 0.29) is 5.97 Å². The molecule has 0 unspecified atom stereocenters. The SMILES string of the molecule is COC(=O)CCc1csc(-c2cccc3cccnc23)n1. The maximum absolute atomic E-state index is 11.2. The summed E-state index contributed by atoms with van der Waals surface area (Å²) in [7, 11) is 1.40. The highest BCUT2D eigenvalue weighted by Gasteiger charge is 2.10. The van der Waals surface area contributed by atoms with Crippen LogP contribution in [0.4, 0.5) is 0 Å². The van der Waals surface area contributed by atoms with E-state index in [2.05, 4.69) is 14.7 Å². The molecule has 0 fully saturated rings. The molecule has 21 heavy (non-hydrogen) atoms. The quantitative estimate of drug-likeness (QED) is 0.692. The zero-order chi connectivity index (χ0) is 14.7. The Kier molecular flexibility index (Phi) is 3.92. The summed E-state index contributed by atoms with van der Waals surface area (Å²) in [4.78, 5) is 20.2. The van der Waals surface area contributed by atoms with Crippen LogP contribution < -0.4 is 0 Å². The smallest absolute Gasteiger partial charge is 0.305 e. The number of hydrogen-bond acceptors (Lipinski definition) is 5. The summed E-state index contributed by atoms with van der Waals surface area (Å²) in [5, 5.41) is 4.01. The molecule has 1 aromatic carbocycles. The highest BCUT2D eigenvalue weighted by atomic mass is 32.1. The molecule has 4 nitrogen and oxygen atoms in total. The lowest BCUT2D eigenvalue weighted by Crippen LogP contribution is -2.01. The van der Waals surface area contributed by atoms with Crippen molar-refractivity contribution in [2.75, 3.05) is 7.11 Å². The van der Waals surface area contributed by atoms with Gasteiger partial charge in [-0.3, -0.25) is 9.78 Å². The van der Waals surface area contributed by atoms with Crippen LogP contribution in [-0.2, 0) is 16.0 Å². The molecule has 0 amide bonds. The molecule has 106 valence electrons. The molecule has 2 aromatic heterocycles. The number of benzene rings is 1. The van der Waals surface area contributed by atoms with Gasteiger partial charge in [-0.05, 0) is 12.1 Å². The van der Waals surface area contributed by atoms with Gasteiger partial charge in [0.05, 0.1) is 24.7 Å². The zero-order valence-electron chi connectivity index (χ0n) is 11.6. The number of fused-ring (bicyclic) bond motifs is 1. The number of aryl methyl sites for hydroxylation is 1. The van der Waals surface area contributed by atoms with E-state index in [9.17, 15) is 4.79 Å². The lowest BCUT2D eigenvalue weighted by molar-refractivity contribution is -0.140. The topological polar surface area (TPSA) is 52.1 Å². The van der Waals surface area contributed by atoms with Crippen molar-refractivity contribution in [1.29, 1.82) is 0 Å². The Morgan fingerprint density at radius 1 is 1.29 bits per heavy atom. The van der Waals surface area contributed by atoms with Gasteiger partial charge < -0.3 is 4.74 Å². The van der Waals surface area contributed by atoms with Crippen molar-refractivity contribution in [2.45, 2.75) is 12.8 Å². The van der Waals surface area contributed by atoms with Crippen LogP contribution in [-0.4, -0.2) is 23.0 Å². The monoisotopic (exact) mass is 298 g/mol. The maximum Gasteiger partial charge on any atom is 0.305 e. The number of thiazole rings is 1. The van der Waals surface area contributed by atoms with Crippen LogP contribution in [0.2, 0.25) is 0 Å². The average Bonchev–Trinajstić information content (AvgIpc) is 3.00. The van der Waals surface area contributed by atoms with Crippen molar-refractivity contribution in [1.82, 2.24) is 9.97 Å². The minimum Gasteiger partial charge on any atom is -0.469 e. The predicted octanol–water partition coefficient (Wildman–Crippen LogP) is 3.46. The summed E-state index contributed by atoms with van der Waals surface area (Å²) in [5.41, 5.74) is 2.89. The molecule has 2 heterocycles. The third kappa shape index (κ3) is 2.92. The second-order valence-electron chi connectivity index (χ2n) is 4.60. The first kappa shape index (κ1) is 13.7. The molecule has 0 spiro atoms.